The summed E-state index contributed by atoms with van der Waals surface area (Å²) >= 11 is 0. The molecule has 0 bridgehead atoms. The third-order valence-corrected chi connectivity index (χ3v) is 7.64. The number of para-hydroxylation sites is 2. The molecule has 0 spiro atoms. The third kappa shape index (κ3) is 5.16. The molecule has 174 valence electrons. The van der Waals surface area contributed by atoms with Crippen LogP contribution in [-0.4, -0.2) is 36.9 Å². The zero-order valence-electron chi connectivity index (χ0n) is 18.1. The number of hydrogen-bond acceptors (Lipinski definition) is 6. The van der Waals surface area contributed by atoms with E-state index in [4.69, 9.17) is 9.88 Å². The number of aryl methyl sites for hydroxylation is 1. The Kier molecular flexibility index (Phi) is 6.77. The van der Waals surface area contributed by atoms with Crippen LogP contribution in [-0.2, 0) is 20.0 Å². The fourth-order valence-electron chi connectivity index (χ4n) is 3.13. The molecule has 0 atom stereocenters. The van der Waals surface area contributed by atoms with E-state index in [-0.39, 0.29) is 21.0 Å². The Morgan fingerprint density at radius 2 is 1.64 bits per heavy atom. The average Bonchev–Trinajstić information content (AvgIpc) is 2.78. The van der Waals surface area contributed by atoms with Crippen molar-refractivity contribution in [2.75, 3.05) is 23.8 Å². The summed E-state index contributed by atoms with van der Waals surface area (Å²) in [6.45, 7) is 1.66. The third-order valence-electron chi connectivity index (χ3n) is 4.96. The first-order valence-electron chi connectivity index (χ1n) is 9.62. The molecular weight excluding hydrogens is 466 g/mol. The Balaban J connectivity index is 1.96. The Bertz CT molecular complexity index is 1420. The van der Waals surface area contributed by atoms with Gasteiger partial charge in [-0.25, -0.2) is 22.0 Å². The SMILES string of the molecule is COc1ccccc1N(C)S(=O)(=O)c1ccc(C)c(C(=O)Nc2cccc(S(N)(=O)=O)c2)c1. The van der Waals surface area contributed by atoms with Gasteiger partial charge >= 0.3 is 0 Å². The molecule has 3 aromatic carbocycles. The van der Waals surface area contributed by atoms with Crippen molar-refractivity contribution in [1.29, 1.82) is 0 Å². The van der Waals surface area contributed by atoms with E-state index < -0.39 is 26.0 Å². The molecule has 0 aromatic heterocycles. The van der Waals surface area contributed by atoms with E-state index in [1.165, 1.54) is 56.6 Å². The standard InChI is InChI=1S/C22H23N3O6S2/c1-15-11-12-18(33(29,30)25(2)20-9-4-5-10-21(20)31-3)14-19(15)22(26)24-16-7-6-8-17(13-16)32(23,27)28/h4-14H,1-3H3,(H,24,26)(H2,23,27,28). The Morgan fingerprint density at radius 3 is 2.30 bits per heavy atom. The fraction of sp³-hybridized carbons (Fsp3) is 0.136. The topological polar surface area (TPSA) is 136 Å². The number of amides is 1. The zero-order valence-corrected chi connectivity index (χ0v) is 19.8. The Hall–Kier alpha value is -3.41. The van der Waals surface area contributed by atoms with Crippen LogP contribution in [0.1, 0.15) is 15.9 Å². The highest BCUT2D eigenvalue weighted by atomic mass is 32.2. The van der Waals surface area contributed by atoms with Crippen LogP contribution in [0.2, 0.25) is 0 Å². The minimum Gasteiger partial charge on any atom is -0.495 e. The van der Waals surface area contributed by atoms with Gasteiger partial charge < -0.3 is 10.1 Å². The van der Waals surface area contributed by atoms with Crippen LogP contribution >= 0.6 is 0 Å². The van der Waals surface area contributed by atoms with Gasteiger partial charge in [-0.15, -0.1) is 0 Å². The monoisotopic (exact) mass is 489 g/mol. The van der Waals surface area contributed by atoms with Crippen molar-refractivity contribution in [2.45, 2.75) is 16.7 Å². The second-order valence-corrected chi connectivity index (χ2v) is 10.7. The van der Waals surface area contributed by atoms with E-state index in [1.807, 2.05) is 0 Å². The summed E-state index contributed by atoms with van der Waals surface area (Å²) in [7, 11) is -5.13. The normalized spacial score (nSPS) is 11.6. The van der Waals surface area contributed by atoms with Crippen molar-refractivity contribution in [3.63, 3.8) is 0 Å². The van der Waals surface area contributed by atoms with Gasteiger partial charge in [0.05, 0.1) is 22.6 Å². The Labute approximate surface area is 192 Å². The van der Waals surface area contributed by atoms with Crippen LogP contribution in [0.25, 0.3) is 0 Å². The van der Waals surface area contributed by atoms with E-state index in [1.54, 1.807) is 31.2 Å². The van der Waals surface area contributed by atoms with Gasteiger partial charge in [0.15, 0.2) is 0 Å². The number of nitrogens with two attached hydrogens (primary N) is 1. The van der Waals surface area contributed by atoms with E-state index in [2.05, 4.69) is 5.32 Å². The van der Waals surface area contributed by atoms with E-state index in [0.29, 0.717) is 17.0 Å². The molecule has 0 aliphatic rings. The minimum atomic E-state index is -4.02. The molecule has 1 amide bonds. The lowest BCUT2D eigenvalue weighted by Crippen LogP contribution is -2.27. The van der Waals surface area contributed by atoms with Crippen molar-refractivity contribution < 1.29 is 26.4 Å². The van der Waals surface area contributed by atoms with Crippen molar-refractivity contribution >= 4 is 37.3 Å². The molecule has 0 saturated carbocycles. The highest BCUT2D eigenvalue weighted by molar-refractivity contribution is 7.92. The van der Waals surface area contributed by atoms with E-state index in [0.717, 1.165) is 4.31 Å². The van der Waals surface area contributed by atoms with Gasteiger partial charge in [0.2, 0.25) is 10.0 Å². The number of ether oxygens (including phenoxy) is 1. The lowest BCUT2D eigenvalue weighted by atomic mass is 10.1. The Morgan fingerprint density at radius 1 is 0.939 bits per heavy atom. The molecule has 0 radical (unpaired) electrons. The van der Waals surface area contributed by atoms with E-state index >= 15 is 0 Å². The minimum absolute atomic E-state index is 0.0926. The maximum absolute atomic E-state index is 13.3. The van der Waals surface area contributed by atoms with Crippen LogP contribution in [0.15, 0.2) is 76.5 Å². The maximum Gasteiger partial charge on any atom is 0.264 e. The number of rotatable bonds is 7. The van der Waals surface area contributed by atoms with Crippen molar-refractivity contribution in [1.82, 2.24) is 0 Å². The summed E-state index contributed by atoms with van der Waals surface area (Å²) in [5, 5.41) is 7.72. The highest BCUT2D eigenvalue weighted by Gasteiger charge is 2.25. The summed E-state index contributed by atoms with van der Waals surface area (Å²) in [5.41, 5.74) is 1.19. The molecule has 0 saturated heterocycles. The number of anilines is 2. The van der Waals surface area contributed by atoms with Crippen LogP contribution in [0, 0.1) is 6.92 Å². The lowest BCUT2D eigenvalue weighted by molar-refractivity contribution is 0.102. The number of nitrogens with one attached hydrogen (secondary N) is 1. The van der Waals surface area contributed by atoms with Gasteiger partial charge in [-0.1, -0.05) is 24.3 Å². The highest BCUT2D eigenvalue weighted by Crippen LogP contribution is 2.31. The van der Waals surface area contributed by atoms with Gasteiger partial charge in [0.25, 0.3) is 15.9 Å². The van der Waals surface area contributed by atoms with Gasteiger partial charge in [0, 0.05) is 18.3 Å². The van der Waals surface area contributed by atoms with Crippen molar-refractivity contribution in [2.24, 2.45) is 5.14 Å². The molecule has 0 unspecified atom stereocenters. The maximum atomic E-state index is 13.3. The summed E-state index contributed by atoms with van der Waals surface area (Å²) in [6, 6.07) is 16.3. The van der Waals surface area contributed by atoms with Crippen LogP contribution in [0.5, 0.6) is 5.75 Å². The molecule has 33 heavy (non-hydrogen) atoms. The summed E-state index contributed by atoms with van der Waals surface area (Å²) < 4.78 is 56.0. The average molecular weight is 490 g/mol. The molecule has 3 N–H and O–H groups in total. The zero-order chi connectivity index (χ0) is 24.4. The predicted octanol–water partition coefficient (Wildman–Crippen LogP) is 2.73. The number of hydrogen-bond donors (Lipinski definition) is 2. The number of methoxy groups -OCH3 is 1. The summed E-state index contributed by atoms with van der Waals surface area (Å²) in [5.74, 6) is -0.223. The summed E-state index contributed by atoms with van der Waals surface area (Å²) in [6.07, 6.45) is 0. The number of nitrogens with zero attached hydrogens (tertiary/aromatic N) is 1. The van der Waals surface area contributed by atoms with Crippen molar-refractivity contribution in [3.05, 3.63) is 77.9 Å². The molecule has 11 heteroatoms. The molecule has 0 heterocycles. The molecule has 0 aliphatic heterocycles. The fourth-order valence-corrected chi connectivity index (χ4v) is 4.93. The first-order valence-corrected chi connectivity index (χ1v) is 12.6. The second kappa shape index (κ2) is 9.22. The van der Waals surface area contributed by atoms with Gasteiger partial charge in [-0.2, -0.15) is 0 Å². The number of primary sulfonamides is 1. The quantitative estimate of drug-likeness (QED) is 0.524. The number of carbonyl (C=O) groups is 1. The molecule has 9 nitrogen and oxygen atoms in total. The van der Waals surface area contributed by atoms with Crippen molar-refractivity contribution in [3.8, 4) is 5.75 Å². The number of sulfonamides is 2. The summed E-state index contributed by atoms with van der Waals surface area (Å²) in [4.78, 5) is 12.6. The molecule has 3 rings (SSSR count). The smallest absolute Gasteiger partial charge is 0.264 e. The number of benzene rings is 3. The molecule has 0 fully saturated rings. The van der Waals surface area contributed by atoms with Gasteiger partial charge in [0.1, 0.15) is 5.75 Å². The number of carbonyl (C=O) groups excluding carboxylic acids is 1. The molecule has 0 aliphatic carbocycles. The lowest BCUT2D eigenvalue weighted by Gasteiger charge is -2.22. The molecule has 3 aromatic rings. The van der Waals surface area contributed by atoms with Gasteiger partial charge in [-0.3, -0.25) is 9.10 Å². The van der Waals surface area contributed by atoms with Crippen LogP contribution in [0.3, 0.4) is 0 Å². The second-order valence-electron chi connectivity index (χ2n) is 7.15. The first-order chi connectivity index (χ1) is 15.4. The van der Waals surface area contributed by atoms with Gasteiger partial charge in [-0.05, 0) is 55.0 Å². The van der Waals surface area contributed by atoms with Crippen LogP contribution < -0.4 is 19.5 Å². The predicted molar refractivity (Wildman–Crippen MR) is 126 cm³/mol. The van der Waals surface area contributed by atoms with E-state index in [9.17, 15) is 21.6 Å². The van der Waals surface area contributed by atoms with Crippen LogP contribution in [0.4, 0.5) is 11.4 Å². The first kappa shape index (κ1) is 24.2. The molecular formula is C22H23N3O6S2. The largest absolute Gasteiger partial charge is 0.495 e.